The van der Waals surface area contributed by atoms with Crippen molar-refractivity contribution in [2.45, 2.75) is 32.6 Å². The summed E-state index contributed by atoms with van der Waals surface area (Å²) in [5.74, 6) is 0.0959. The Labute approximate surface area is 128 Å². The predicted molar refractivity (Wildman–Crippen MR) is 83.8 cm³/mol. The van der Waals surface area contributed by atoms with E-state index in [0.29, 0.717) is 13.1 Å². The van der Waals surface area contributed by atoms with E-state index in [-0.39, 0.29) is 18.1 Å². The van der Waals surface area contributed by atoms with Crippen LogP contribution in [0.2, 0.25) is 0 Å². The van der Waals surface area contributed by atoms with Gasteiger partial charge >= 0.3 is 0 Å². The van der Waals surface area contributed by atoms with Crippen molar-refractivity contribution < 1.29 is 9.53 Å². The highest BCUT2D eigenvalue weighted by atomic mass is 32.1. The summed E-state index contributed by atoms with van der Waals surface area (Å²) in [6, 6.07) is 7.98. The SMILES string of the molecule is C[C@H]1CN(C(=O)c2cccn2Cc2cccs2)C[C@H](C)O1. The predicted octanol–water partition coefficient (Wildman–Crippen LogP) is 2.85. The van der Waals surface area contributed by atoms with Gasteiger partial charge in [0.05, 0.1) is 18.8 Å². The molecule has 1 saturated heterocycles. The van der Waals surface area contributed by atoms with Crippen molar-refractivity contribution in [1.29, 1.82) is 0 Å². The topological polar surface area (TPSA) is 34.5 Å². The summed E-state index contributed by atoms with van der Waals surface area (Å²) in [7, 11) is 0. The molecule has 2 aromatic heterocycles. The molecule has 2 aromatic rings. The van der Waals surface area contributed by atoms with Gasteiger partial charge in [-0.05, 0) is 37.4 Å². The Morgan fingerprint density at radius 1 is 1.29 bits per heavy atom. The van der Waals surface area contributed by atoms with Gasteiger partial charge in [-0.2, -0.15) is 0 Å². The first-order chi connectivity index (χ1) is 10.1. The molecule has 4 nitrogen and oxygen atoms in total. The van der Waals surface area contributed by atoms with E-state index in [1.54, 1.807) is 11.3 Å². The Balaban J connectivity index is 1.77. The quantitative estimate of drug-likeness (QED) is 0.874. The van der Waals surface area contributed by atoms with Crippen molar-refractivity contribution in [1.82, 2.24) is 9.47 Å². The van der Waals surface area contributed by atoms with E-state index >= 15 is 0 Å². The second-order valence-electron chi connectivity index (χ2n) is 5.57. The molecule has 2 atom stereocenters. The van der Waals surface area contributed by atoms with Gasteiger partial charge in [-0.1, -0.05) is 6.07 Å². The van der Waals surface area contributed by atoms with Crippen LogP contribution in [0.3, 0.4) is 0 Å². The van der Waals surface area contributed by atoms with Crippen molar-refractivity contribution in [3.8, 4) is 0 Å². The minimum Gasteiger partial charge on any atom is -0.372 e. The summed E-state index contributed by atoms with van der Waals surface area (Å²) in [6.45, 7) is 6.10. The lowest BCUT2D eigenvalue weighted by Gasteiger charge is -2.35. The van der Waals surface area contributed by atoms with Crippen LogP contribution in [0, 0.1) is 0 Å². The van der Waals surface area contributed by atoms with E-state index in [0.717, 1.165) is 12.2 Å². The van der Waals surface area contributed by atoms with E-state index in [9.17, 15) is 4.79 Å². The molecule has 5 heteroatoms. The molecule has 1 fully saturated rings. The third-order valence-corrected chi connectivity index (χ3v) is 4.52. The molecule has 1 aliphatic heterocycles. The minimum atomic E-state index is 0.0957. The lowest BCUT2D eigenvalue weighted by molar-refractivity contribution is -0.0588. The molecule has 0 aromatic carbocycles. The van der Waals surface area contributed by atoms with Crippen LogP contribution in [0.1, 0.15) is 29.2 Å². The van der Waals surface area contributed by atoms with E-state index in [2.05, 4.69) is 11.4 Å². The smallest absolute Gasteiger partial charge is 0.270 e. The van der Waals surface area contributed by atoms with Crippen LogP contribution in [0.5, 0.6) is 0 Å². The summed E-state index contributed by atoms with van der Waals surface area (Å²) in [4.78, 5) is 15.9. The third-order valence-electron chi connectivity index (χ3n) is 3.66. The Kier molecular flexibility index (Phi) is 4.12. The first kappa shape index (κ1) is 14.4. The molecular formula is C16H20N2O2S. The Bertz CT molecular complexity index is 596. The summed E-state index contributed by atoms with van der Waals surface area (Å²) in [6.07, 6.45) is 2.16. The van der Waals surface area contributed by atoms with Crippen LogP contribution >= 0.6 is 11.3 Å². The van der Waals surface area contributed by atoms with E-state index in [1.165, 1.54) is 4.88 Å². The normalized spacial score (nSPS) is 22.5. The maximum Gasteiger partial charge on any atom is 0.270 e. The summed E-state index contributed by atoms with van der Waals surface area (Å²) in [5.41, 5.74) is 0.754. The molecule has 0 radical (unpaired) electrons. The van der Waals surface area contributed by atoms with Gasteiger partial charge in [0, 0.05) is 24.2 Å². The van der Waals surface area contributed by atoms with Crippen molar-refractivity contribution >= 4 is 17.2 Å². The number of nitrogens with zero attached hydrogens (tertiary/aromatic N) is 2. The average molecular weight is 304 g/mol. The van der Waals surface area contributed by atoms with Gasteiger partial charge in [0.25, 0.3) is 5.91 Å². The third kappa shape index (κ3) is 3.19. The standard InChI is InChI=1S/C16H20N2O2S/c1-12-9-18(10-13(2)20-12)16(19)15-6-3-7-17(15)11-14-5-4-8-21-14/h3-8,12-13H,9-11H2,1-2H3/t12-,13-/m0/s1. The number of amides is 1. The number of rotatable bonds is 3. The van der Waals surface area contributed by atoms with Crippen molar-refractivity contribution in [3.05, 3.63) is 46.4 Å². The molecule has 0 unspecified atom stereocenters. The van der Waals surface area contributed by atoms with Gasteiger partial charge in [0.1, 0.15) is 5.69 Å². The molecule has 0 N–H and O–H groups in total. The molecule has 3 heterocycles. The fourth-order valence-corrected chi connectivity index (χ4v) is 3.52. The Morgan fingerprint density at radius 3 is 2.71 bits per heavy atom. The maximum atomic E-state index is 12.8. The van der Waals surface area contributed by atoms with Gasteiger partial charge in [-0.15, -0.1) is 11.3 Å². The van der Waals surface area contributed by atoms with Gasteiger partial charge in [0.2, 0.25) is 0 Å². The van der Waals surface area contributed by atoms with Crippen molar-refractivity contribution in [3.63, 3.8) is 0 Å². The van der Waals surface area contributed by atoms with Crippen LogP contribution in [0.15, 0.2) is 35.8 Å². The van der Waals surface area contributed by atoms with E-state index in [1.807, 2.05) is 47.7 Å². The van der Waals surface area contributed by atoms with Crippen LogP contribution in [-0.2, 0) is 11.3 Å². The monoisotopic (exact) mass is 304 g/mol. The average Bonchev–Trinajstić information content (AvgIpc) is 3.09. The van der Waals surface area contributed by atoms with Gasteiger partial charge in [-0.25, -0.2) is 0 Å². The maximum absolute atomic E-state index is 12.8. The minimum absolute atomic E-state index is 0.0957. The molecule has 0 aliphatic carbocycles. The largest absolute Gasteiger partial charge is 0.372 e. The zero-order valence-electron chi connectivity index (χ0n) is 12.4. The molecule has 0 spiro atoms. The summed E-state index contributed by atoms with van der Waals surface area (Å²) in [5, 5.41) is 2.06. The number of hydrogen-bond acceptors (Lipinski definition) is 3. The van der Waals surface area contributed by atoms with E-state index < -0.39 is 0 Å². The van der Waals surface area contributed by atoms with Crippen LogP contribution in [0.4, 0.5) is 0 Å². The number of thiophene rings is 1. The van der Waals surface area contributed by atoms with Gasteiger partial charge in [0.15, 0.2) is 0 Å². The lowest BCUT2D eigenvalue weighted by Crippen LogP contribution is -2.48. The first-order valence-corrected chi connectivity index (χ1v) is 8.13. The van der Waals surface area contributed by atoms with Crippen LogP contribution < -0.4 is 0 Å². The summed E-state index contributed by atoms with van der Waals surface area (Å²) >= 11 is 1.71. The molecule has 0 bridgehead atoms. The second-order valence-corrected chi connectivity index (χ2v) is 6.60. The number of aromatic nitrogens is 1. The van der Waals surface area contributed by atoms with Gasteiger partial charge < -0.3 is 14.2 Å². The molecule has 112 valence electrons. The van der Waals surface area contributed by atoms with E-state index in [4.69, 9.17) is 4.74 Å². The van der Waals surface area contributed by atoms with Crippen LogP contribution in [-0.4, -0.2) is 40.7 Å². The summed E-state index contributed by atoms with van der Waals surface area (Å²) < 4.78 is 7.73. The van der Waals surface area contributed by atoms with Gasteiger partial charge in [-0.3, -0.25) is 4.79 Å². The highest BCUT2D eigenvalue weighted by Gasteiger charge is 2.27. The number of carbonyl (C=O) groups is 1. The van der Waals surface area contributed by atoms with Crippen LogP contribution in [0.25, 0.3) is 0 Å². The molecule has 0 saturated carbocycles. The number of ether oxygens (including phenoxy) is 1. The number of carbonyl (C=O) groups excluding carboxylic acids is 1. The highest BCUT2D eigenvalue weighted by molar-refractivity contribution is 7.09. The Hall–Kier alpha value is -1.59. The molecule has 3 rings (SSSR count). The molecule has 1 amide bonds. The first-order valence-electron chi connectivity index (χ1n) is 7.25. The Morgan fingerprint density at radius 2 is 2.05 bits per heavy atom. The van der Waals surface area contributed by atoms with Crippen molar-refractivity contribution in [2.24, 2.45) is 0 Å². The highest BCUT2D eigenvalue weighted by Crippen LogP contribution is 2.17. The molecular weight excluding hydrogens is 284 g/mol. The zero-order chi connectivity index (χ0) is 14.8. The second kappa shape index (κ2) is 6.03. The number of hydrogen-bond donors (Lipinski definition) is 0. The number of morpholine rings is 1. The fraction of sp³-hybridized carbons (Fsp3) is 0.438. The molecule has 21 heavy (non-hydrogen) atoms. The molecule has 1 aliphatic rings. The van der Waals surface area contributed by atoms with Crippen molar-refractivity contribution in [2.75, 3.05) is 13.1 Å². The lowest BCUT2D eigenvalue weighted by atomic mass is 10.2. The zero-order valence-corrected chi connectivity index (χ0v) is 13.2. The fourth-order valence-electron chi connectivity index (χ4n) is 2.82.